The average molecular weight is 374 g/mol. The number of allylic oxidation sites excluding steroid dienone is 3. The molecular formula is C20H22O7. The number of rotatable bonds is 1. The highest BCUT2D eigenvalue weighted by Gasteiger charge is 2.60. The van der Waals surface area contributed by atoms with Crippen LogP contribution in [0.3, 0.4) is 0 Å². The van der Waals surface area contributed by atoms with Gasteiger partial charge in [-0.25, -0.2) is 0 Å². The Labute approximate surface area is 157 Å². The molecule has 2 unspecified atom stereocenters. The smallest absolute Gasteiger partial charge is 0.307 e. The molecule has 0 bridgehead atoms. The number of aliphatic hydroxyl groups is 1. The first-order valence-corrected chi connectivity index (χ1v) is 8.56. The van der Waals surface area contributed by atoms with Gasteiger partial charge in [0, 0.05) is 29.2 Å². The van der Waals surface area contributed by atoms with Gasteiger partial charge in [0.15, 0.2) is 23.1 Å². The number of Topliss-reactive ketones (excluding diaryl/α,β-unsaturated/α-hetero) is 2. The Hall–Kier alpha value is -2.83. The summed E-state index contributed by atoms with van der Waals surface area (Å²) in [4.78, 5) is 37.1. The minimum absolute atomic E-state index is 0.0150. The predicted octanol–water partition coefficient (Wildman–Crippen LogP) is 2.93. The van der Waals surface area contributed by atoms with Crippen LogP contribution in [-0.2, 0) is 28.6 Å². The zero-order valence-corrected chi connectivity index (χ0v) is 16.4. The van der Waals surface area contributed by atoms with E-state index in [4.69, 9.17) is 14.2 Å². The van der Waals surface area contributed by atoms with Crippen molar-refractivity contribution < 1.29 is 33.7 Å². The van der Waals surface area contributed by atoms with E-state index in [1.807, 2.05) is 0 Å². The van der Waals surface area contributed by atoms with E-state index in [0.717, 1.165) is 0 Å². The van der Waals surface area contributed by atoms with Crippen molar-refractivity contribution in [1.82, 2.24) is 0 Å². The molecule has 2 atom stereocenters. The van der Waals surface area contributed by atoms with Gasteiger partial charge in [-0.2, -0.15) is 0 Å². The lowest BCUT2D eigenvalue weighted by Crippen LogP contribution is -2.56. The summed E-state index contributed by atoms with van der Waals surface area (Å²) in [5.41, 5.74) is -1.95. The molecule has 1 aliphatic heterocycles. The fourth-order valence-electron chi connectivity index (χ4n) is 3.88. The van der Waals surface area contributed by atoms with Crippen LogP contribution < -0.4 is 0 Å². The van der Waals surface area contributed by atoms with Gasteiger partial charge < -0.3 is 19.3 Å². The maximum absolute atomic E-state index is 12.9. The first kappa shape index (κ1) is 18.9. The van der Waals surface area contributed by atoms with Crippen LogP contribution in [0.4, 0.5) is 0 Å². The Kier molecular flexibility index (Phi) is 3.92. The van der Waals surface area contributed by atoms with Crippen molar-refractivity contribution in [2.45, 2.75) is 59.7 Å². The summed E-state index contributed by atoms with van der Waals surface area (Å²) in [6.07, 6.45) is 0. The Morgan fingerprint density at radius 3 is 1.96 bits per heavy atom. The molecule has 0 amide bonds. The van der Waals surface area contributed by atoms with Gasteiger partial charge in [-0.3, -0.25) is 14.4 Å². The Morgan fingerprint density at radius 1 is 0.889 bits per heavy atom. The quantitative estimate of drug-likeness (QED) is 0.705. The van der Waals surface area contributed by atoms with Gasteiger partial charge in [-0.1, -0.05) is 0 Å². The molecule has 1 N–H and O–H groups in total. The zero-order chi connectivity index (χ0) is 20.5. The first-order valence-electron chi connectivity index (χ1n) is 8.56. The van der Waals surface area contributed by atoms with Gasteiger partial charge in [0.05, 0.1) is 0 Å². The zero-order valence-electron chi connectivity index (χ0n) is 16.4. The number of aliphatic hydroxyl groups excluding tert-OH is 1. The highest BCUT2D eigenvalue weighted by atomic mass is 16.6. The van der Waals surface area contributed by atoms with Gasteiger partial charge >= 0.3 is 5.97 Å². The fourth-order valence-corrected chi connectivity index (χ4v) is 3.88. The summed E-state index contributed by atoms with van der Waals surface area (Å²) in [5, 5.41) is 10.3. The van der Waals surface area contributed by atoms with Gasteiger partial charge in [-0.15, -0.1) is 0 Å². The molecule has 1 fully saturated rings. The van der Waals surface area contributed by atoms with E-state index in [1.165, 1.54) is 27.7 Å². The molecule has 27 heavy (non-hydrogen) atoms. The molecule has 0 saturated carbocycles. The van der Waals surface area contributed by atoms with Gasteiger partial charge in [0.2, 0.25) is 17.0 Å². The second-order valence-electron chi connectivity index (χ2n) is 7.36. The van der Waals surface area contributed by atoms with E-state index in [-0.39, 0.29) is 45.5 Å². The third-order valence-corrected chi connectivity index (χ3v) is 5.35. The van der Waals surface area contributed by atoms with Crippen molar-refractivity contribution in [3.8, 4) is 0 Å². The predicted molar refractivity (Wildman–Crippen MR) is 94.2 cm³/mol. The third-order valence-electron chi connectivity index (χ3n) is 5.35. The normalized spacial score (nSPS) is 30.8. The minimum atomic E-state index is -1.52. The van der Waals surface area contributed by atoms with Crippen LogP contribution in [-0.4, -0.2) is 33.8 Å². The number of esters is 1. The van der Waals surface area contributed by atoms with Crippen molar-refractivity contribution in [1.29, 1.82) is 0 Å². The number of carbonyl (C=O) groups excluding carboxylic acids is 3. The van der Waals surface area contributed by atoms with Crippen molar-refractivity contribution in [2.75, 3.05) is 0 Å². The van der Waals surface area contributed by atoms with E-state index in [2.05, 4.69) is 0 Å². The number of hydrogen-bond acceptors (Lipinski definition) is 7. The summed E-state index contributed by atoms with van der Waals surface area (Å²) in [6.45, 7) is 10.6. The maximum atomic E-state index is 12.9. The summed E-state index contributed by atoms with van der Waals surface area (Å²) in [5.74, 6) is -1.34. The summed E-state index contributed by atoms with van der Waals surface area (Å²) in [6, 6.07) is 0. The van der Waals surface area contributed by atoms with Crippen LogP contribution in [0.5, 0.6) is 0 Å². The van der Waals surface area contributed by atoms with E-state index in [0.29, 0.717) is 5.57 Å². The minimum Gasteiger partial charge on any atom is -0.507 e. The molecule has 1 saturated heterocycles. The van der Waals surface area contributed by atoms with Crippen LogP contribution in [0.2, 0.25) is 0 Å². The molecule has 0 spiro atoms. The summed E-state index contributed by atoms with van der Waals surface area (Å²) < 4.78 is 17.6. The molecular weight excluding hydrogens is 352 g/mol. The largest absolute Gasteiger partial charge is 0.507 e. The van der Waals surface area contributed by atoms with E-state index in [9.17, 15) is 19.5 Å². The van der Waals surface area contributed by atoms with Crippen LogP contribution in [0.15, 0.2) is 45.3 Å². The number of ketones is 2. The van der Waals surface area contributed by atoms with Crippen LogP contribution in [0.25, 0.3) is 0 Å². The Bertz CT molecular complexity index is 943. The molecule has 144 valence electrons. The van der Waals surface area contributed by atoms with Gasteiger partial charge in [-0.05, 0) is 41.5 Å². The number of fused-ring (bicyclic) bond motifs is 2. The first-order chi connectivity index (χ1) is 12.4. The molecule has 3 rings (SSSR count). The molecule has 3 aliphatic rings. The Balaban J connectivity index is 2.29. The van der Waals surface area contributed by atoms with E-state index in [1.54, 1.807) is 20.8 Å². The molecule has 2 aliphatic carbocycles. The van der Waals surface area contributed by atoms with Crippen LogP contribution in [0, 0.1) is 0 Å². The van der Waals surface area contributed by atoms with Crippen molar-refractivity contribution >= 4 is 17.5 Å². The molecule has 7 nitrogen and oxygen atoms in total. The highest BCUT2D eigenvalue weighted by Crippen LogP contribution is 2.52. The second kappa shape index (κ2) is 5.58. The van der Waals surface area contributed by atoms with Crippen molar-refractivity contribution in [3.05, 3.63) is 45.3 Å². The molecule has 0 aromatic heterocycles. The lowest BCUT2D eigenvalue weighted by molar-refractivity contribution is -0.167. The number of ether oxygens (including phenoxy) is 3. The SMILES string of the molecule is CC(=O)OC1=C(C)C(=O)C(C)=C2OC3(C)C(=O)C(C)=C(O)C(C)=C3OC12C. The summed E-state index contributed by atoms with van der Waals surface area (Å²) >= 11 is 0. The summed E-state index contributed by atoms with van der Waals surface area (Å²) in [7, 11) is 0. The topological polar surface area (TPSA) is 99.1 Å². The fraction of sp³-hybridized carbons (Fsp3) is 0.450. The van der Waals surface area contributed by atoms with E-state index >= 15 is 0 Å². The number of hydrogen-bond donors (Lipinski definition) is 1. The molecule has 0 aromatic rings. The lowest BCUT2D eigenvalue weighted by Gasteiger charge is -2.49. The van der Waals surface area contributed by atoms with Crippen molar-refractivity contribution in [3.63, 3.8) is 0 Å². The maximum Gasteiger partial charge on any atom is 0.307 e. The van der Waals surface area contributed by atoms with E-state index < -0.39 is 23.0 Å². The third kappa shape index (κ3) is 2.30. The van der Waals surface area contributed by atoms with Gasteiger partial charge in [0.25, 0.3) is 0 Å². The van der Waals surface area contributed by atoms with Crippen LogP contribution >= 0.6 is 0 Å². The molecule has 0 aromatic carbocycles. The second-order valence-corrected chi connectivity index (χ2v) is 7.36. The average Bonchev–Trinajstić information content (AvgIpc) is 2.61. The molecule has 7 heteroatoms. The van der Waals surface area contributed by atoms with Crippen molar-refractivity contribution in [2.24, 2.45) is 0 Å². The lowest BCUT2D eigenvalue weighted by atomic mass is 9.78. The highest BCUT2D eigenvalue weighted by molar-refractivity contribution is 6.11. The monoisotopic (exact) mass is 374 g/mol. The van der Waals surface area contributed by atoms with Crippen LogP contribution in [0.1, 0.15) is 48.5 Å². The van der Waals surface area contributed by atoms with Gasteiger partial charge in [0.1, 0.15) is 5.76 Å². The standard InChI is InChI=1S/C20H22O7/c1-8-13(22)10(3)17-19(6,15(8)24)26-18-11(4)14(23)9(2)16(25-12(5)21)20(18,7)27-17/h22H,1-7H3. The molecule has 0 radical (unpaired) electrons. The number of carbonyl (C=O) groups is 3. The Morgan fingerprint density at radius 2 is 1.41 bits per heavy atom. The molecule has 1 heterocycles.